The number of hydroxylamine groups is 1. The zero-order valence-corrected chi connectivity index (χ0v) is 11.6. The van der Waals surface area contributed by atoms with Crippen LogP contribution < -0.4 is 11.4 Å². The van der Waals surface area contributed by atoms with Crippen molar-refractivity contribution >= 4 is 5.91 Å². The Morgan fingerprint density at radius 1 is 1.44 bits per heavy atom. The van der Waals surface area contributed by atoms with E-state index in [-0.39, 0.29) is 38.5 Å². The third-order valence-electron chi connectivity index (χ3n) is 1.37. The van der Waals surface area contributed by atoms with Gasteiger partial charge in [-0.1, -0.05) is 0 Å². The summed E-state index contributed by atoms with van der Waals surface area (Å²) in [5.41, 5.74) is 1.78. The maximum absolute atomic E-state index is 10.7. The van der Waals surface area contributed by atoms with E-state index in [9.17, 15) is 4.79 Å². The number of benzene rings is 1. The van der Waals surface area contributed by atoms with Crippen LogP contribution in [0.5, 0.6) is 5.75 Å². The Morgan fingerprint density at radius 3 is 2.19 bits per heavy atom. The molecule has 0 saturated carbocycles. The summed E-state index contributed by atoms with van der Waals surface area (Å²) in [4.78, 5) is 14.6. The molecule has 0 fully saturated rings. The predicted octanol–water partition coefficient (Wildman–Crippen LogP) is 0.567. The molecule has 0 spiro atoms. The molecule has 0 aliphatic rings. The SMILES string of the molecule is C[CH-]ON.O=C(NO)c1ccc(O)cc1.[Y]. The molecule has 5 N–H and O–H groups in total. The van der Waals surface area contributed by atoms with E-state index in [1.54, 1.807) is 6.92 Å². The molecule has 1 rings (SSSR count). The minimum Gasteiger partial charge on any atom is -0.508 e. The topological polar surface area (TPSA) is 105 Å². The monoisotopic (exact) mass is 302 g/mol. The van der Waals surface area contributed by atoms with Gasteiger partial charge in [0.1, 0.15) is 5.75 Å². The number of hydrogen-bond acceptors (Lipinski definition) is 5. The van der Waals surface area contributed by atoms with Crippen LogP contribution in [0.3, 0.4) is 0 Å². The average molecular weight is 302 g/mol. The Labute approximate surface area is 119 Å². The van der Waals surface area contributed by atoms with Crippen molar-refractivity contribution in [1.29, 1.82) is 0 Å². The van der Waals surface area contributed by atoms with E-state index in [0.717, 1.165) is 0 Å². The van der Waals surface area contributed by atoms with E-state index in [1.807, 2.05) is 0 Å². The summed E-state index contributed by atoms with van der Waals surface area (Å²) in [6.45, 7) is 3.11. The summed E-state index contributed by atoms with van der Waals surface area (Å²) in [6, 6.07) is 5.54. The van der Waals surface area contributed by atoms with Crippen molar-refractivity contribution < 1.29 is 52.7 Å². The van der Waals surface area contributed by atoms with Gasteiger partial charge in [0.25, 0.3) is 5.91 Å². The van der Waals surface area contributed by atoms with Gasteiger partial charge in [-0.25, -0.2) is 5.48 Å². The van der Waals surface area contributed by atoms with E-state index < -0.39 is 5.91 Å². The standard InChI is InChI=1S/C7H7NO3.C2H6NO.Y/c9-6-3-1-5(2-4-6)7(10)8-11;1-2-4-3;/h1-4,9,11H,(H,8,10);2H,3H2,1H3;/q;-1;. The Hall–Kier alpha value is -0.526. The minimum atomic E-state index is -0.593. The Bertz CT molecular complexity index is 290. The fraction of sp³-hybridized carbons (Fsp3) is 0.111. The van der Waals surface area contributed by atoms with Crippen molar-refractivity contribution in [2.24, 2.45) is 5.90 Å². The zero-order valence-electron chi connectivity index (χ0n) is 8.75. The van der Waals surface area contributed by atoms with Gasteiger partial charge in [-0.05, 0) is 24.3 Å². The fourth-order valence-corrected chi connectivity index (χ4v) is 0.677. The molecule has 0 heterocycles. The van der Waals surface area contributed by atoms with Crippen LogP contribution in [0.25, 0.3) is 0 Å². The zero-order chi connectivity index (χ0) is 11.7. The van der Waals surface area contributed by atoms with Gasteiger partial charge in [0.05, 0.1) is 0 Å². The first-order valence-electron chi connectivity index (χ1n) is 4.02. The summed E-state index contributed by atoms with van der Waals surface area (Å²) in [7, 11) is 0. The van der Waals surface area contributed by atoms with Gasteiger partial charge >= 0.3 is 0 Å². The Morgan fingerprint density at radius 2 is 1.88 bits per heavy atom. The van der Waals surface area contributed by atoms with Crippen LogP contribution in [-0.2, 0) is 37.5 Å². The largest absolute Gasteiger partial charge is 0.508 e. The fourth-order valence-electron chi connectivity index (χ4n) is 0.677. The van der Waals surface area contributed by atoms with Crippen LogP contribution >= 0.6 is 0 Å². The molecule has 16 heavy (non-hydrogen) atoms. The van der Waals surface area contributed by atoms with Crippen LogP contribution in [0.2, 0.25) is 0 Å². The van der Waals surface area contributed by atoms with E-state index in [2.05, 4.69) is 10.7 Å². The van der Waals surface area contributed by atoms with Gasteiger partial charge in [0, 0.05) is 38.3 Å². The molecule has 1 aromatic carbocycles. The number of nitrogens with one attached hydrogen (secondary N) is 1. The smallest absolute Gasteiger partial charge is 0.274 e. The van der Waals surface area contributed by atoms with Crippen molar-refractivity contribution in [3.63, 3.8) is 0 Å². The molecule has 0 aliphatic heterocycles. The summed E-state index contributed by atoms with van der Waals surface area (Å²) >= 11 is 0. The van der Waals surface area contributed by atoms with Crippen molar-refractivity contribution in [1.82, 2.24) is 5.48 Å². The molecule has 0 aliphatic carbocycles. The quantitative estimate of drug-likeness (QED) is 0.363. The average Bonchev–Trinajstić information content (AvgIpc) is 2.29. The Kier molecular flexibility index (Phi) is 12.2. The van der Waals surface area contributed by atoms with Crippen molar-refractivity contribution in [2.75, 3.05) is 0 Å². The number of phenols is 1. The first-order valence-corrected chi connectivity index (χ1v) is 4.02. The van der Waals surface area contributed by atoms with Gasteiger partial charge in [0.2, 0.25) is 0 Å². The molecule has 6 nitrogen and oxygen atoms in total. The number of amides is 1. The maximum Gasteiger partial charge on any atom is 0.274 e. The summed E-state index contributed by atoms with van der Waals surface area (Å²) in [5.74, 6) is 3.96. The van der Waals surface area contributed by atoms with Crippen molar-refractivity contribution in [3.05, 3.63) is 36.4 Å². The number of carbonyl (C=O) groups excluding carboxylic acids is 1. The van der Waals surface area contributed by atoms with Gasteiger partial charge < -0.3 is 9.94 Å². The first kappa shape index (κ1) is 17.9. The third kappa shape index (κ3) is 7.73. The molecule has 0 atom stereocenters. The normalized spacial score (nSPS) is 8.19. The first-order chi connectivity index (χ1) is 7.15. The van der Waals surface area contributed by atoms with Crippen LogP contribution in [0.4, 0.5) is 0 Å². The Balaban J connectivity index is 0. The molecule has 1 aromatic rings. The number of hydrogen-bond donors (Lipinski definition) is 4. The van der Waals surface area contributed by atoms with Gasteiger partial charge in [-0.2, -0.15) is 13.5 Å². The number of aromatic hydroxyl groups is 1. The van der Waals surface area contributed by atoms with Gasteiger partial charge in [-0.3, -0.25) is 15.9 Å². The number of carbonyl (C=O) groups is 1. The molecular weight excluding hydrogens is 289 g/mol. The summed E-state index contributed by atoms with van der Waals surface area (Å²) in [5, 5.41) is 17.0. The van der Waals surface area contributed by atoms with Gasteiger partial charge in [0.15, 0.2) is 0 Å². The molecule has 0 aromatic heterocycles. The van der Waals surface area contributed by atoms with E-state index >= 15 is 0 Å². The van der Waals surface area contributed by atoms with Crippen LogP contribution in [-0.4, -0.2) is 16.2 Å². The predicted molar refractivity (Wildman–Crippen MR) is 52.6 cm³/mol. The number of rotatable bonds is 2. The van der Waals surface area contributed by atoms with E-state index in [1.165, 1.54) is 36.4 Å². The second kappa shape index (κ2) is 11.0. The number of nitrogens with two attached hydrogens (primary N) is 1. The maximum atomic E-state index is 10.7. The van der Waals surface area contributed by atoms with Gasteiger partial charge in [-0.15, -0.1) is 0 Å². The molecule has 1 amide bonds. The molecule has 7 heteroatoms. The third-order valence-corrected chi connectivity index (χ3v) is 1.37. The van der Waals surface area contributed by atoms with E-state index in [4.69, 9.17) is 10.3 Å². The van der Waals surface area contributed by atoms with E-state index in [0.29, 0.717) is 5.56 Å². The summed E-state index contributed by atoms with van der Waals surface area (Å²) in [6.07, 6.45) is 0. The molecular formula is C9H13N2O4Y-. The van der Waals surface area contributed by atoms with Crippen LogP contribution in [0.1, 0.15) is 17.3 Å². The molecule has 0 unspecified atom stereocenters. The molecule has 87 valence electrons. The van der Waals surface area contributed by atoms with Crippen molar-refractivity contribution in [2.45, 2.75) is 6.92 Å². The second-order valence-corrected chi connectivity index (χ2v) is 2.36. The van der Waals surface area contributed by atoms with Crippen LogP contribution in [0, 0.1) is 6.61 Å². The minimum absolute atomic E-state index is 0. The molecule has 0 saturated heterocycles. The second-order valence-electron chi connectivity index (χ2n) is 2.36. The molecule has 0 bridgehead atoms. The van der Waals surface area contributed by atoms with Crippen LogP contribution in [0.15, 0.2) is 24.3 Å². The van der Waals surface area contributed by atoms with Crippen molar-refractivity contribution in [3.8, 4) is 5.75 Å². The number of phenolic OH excluding ortho intramolecular Hbond substituents is 1. The summed E-state index contributed by atoms with van der Waals surface area (Å²) < 4.78 is 0. The molecule has 1 radical (unpaired) electrons.